The maximum absolute atomic E-state index is 3.92. The number of rotatable bonds is 2. The second-order valence-electron chi connectivity index (χ2n) is 2.11. The number of aromatic nitrogens is 3. The molecule has 0 unspecified atom stereocenters. The summed E-state index contributed by atoms with van der Waals surface area (Å²) in [5, 5.41) is 7.67. The van der Waals surface area contributed by atoms with Crippen molar-refractivity contribution < 1.29 is 0 Å². The van der Waals surface area contributed by atoms with E-state index in [1.54, 1.807) is 6.33 Å². The quantitative estimate of drug-likeness (QED) is 0.584. The maximum atomic E-state index is 3.92. The Labute approximate surface area is 54.7 Å². The second kappa shape index (κ2) is 2.62. The van der Waals surface area contributed by atoms with E-state index in [-0.39, 0.29) is 0 Å². The minimum atomic E-state index is 1.02. The molecule has 1 aromatic rings. The lowest BCUT2D eigenvalue weighted by atomic mass is 10.3. The molecular formula is C6H11N3. The van der Waals surface area contributed by atoms with Crippen molar-refractivity contribution in [1.29, 1.82) is 0 Å². The van der Waals surface area contributed by atoms with E-state index in [0.717, 1.165) is 18.7 Å². The summed E-state index contributed by atoms with van der Waals surface area (Å²) >= 11 is 0. The molecule has 3 heteroatoms. The fourth-order valence-electron chi connectivity index (χ4n) is 0.757. The molecule has 0 aromatic carbocycles. The van der Waals surface area contributed by atoms with Gasteiger partial charge in [0.05, 0.1) is 0 Å². The predicted molar refractivity (Wildman–Crippen MR) is 35.0 cm³/mol. The standard InChI is InChI=1S/C6H11N3/c1-3-4-6-8-7-5-9(6)2/h5H,3-4H2,1-2H3. The monoisotopic (exact) mass is 125 g/mol. The van der Waals surface area contributed by atoms with E-state index >= 15 is 0 Å². The molecule has 1 rings (SSSR count). The molecule has 0 saturated heterocycles. The first kappa shape index (κ1) is 6.26. The Kier molecular flexibility index (Phi) is 1.82. The summed E-state index contributed by atoms with van der Waals surface area (Å²) in [4.78, 5) is 0. The van der Waals surface area contributed by atoms with Crippen LogP contribution in [0.5, 0.6) is 0 Å². The van der Waals surface area contributed by atoms with Crippen LogP contribution in [-0.2, 0) is 13.5 Å². The smallest absolute Gasteiger partial charge is 0.132 e. The Morgan fingerprint density at radius 3 is 2.89 bits per heavy atom. The Hall–Kier alpha value is -0.860. The van der Waals surface area contributed by atoms with E-state index in [2.05, 4.69) is 17.1 Å². The van der Waals surface area contributed by atoms with Gasteiger partial charge in [-0.15, -0.1) is 10.2 Å². The number of nitrogens with zero attached hydrogens (tertiary/aromatic N) is 3. The number of hydrogen-bond acceptors (Lipinski definition) is 2. The molecule has 0 aliphatic heterocycles. The first-order chi connectivity index (χ1) is 4.34. The molecule has 3 nitrogen and oxygen atoms in total. The summed E-state index contributed by atoms with van der Waals surface area (Å²) in [5.41, 5.74) is 0. The third-order valence-corrected chi connectivity index (χ3v) is 1.28. The summed E-state index contributed by atoms with van der Waals surface area (Å²) in [6, 6.07) is 0. The van der Waals surface area contributed by atoms with Crippen molar-refractivity contribution in [3.05, 3.63) is 12.2 Å². The topological polar surface area (TPSA) is 30.7 Å². The first-order valence-electron chi connectivity index (χ1n) is 3.17. The lowest BCUT2D eigenvalue weighted by Crippen LogP contribution is -1.95. The SMILES string of the molecule is CCCc1nncn1C. The summed E-state index contributed by atoms with van der Waals surface area (Å²) in [6.07, 6.45) is 3.88. The van der Waals surface area contributed by atoms with Gasteiger partial charge in [0.2, 0.25) is 0 Å². The third-order valence-electron chi connectivity index (χ3n) is 1.28. The normalized spacial score (nSPS) is 10.0. The summed E-state index contributed by atoms with van der Waals surface area (Å²) in [7, 11) is 1.96. The molecule has 0 aliphatic carbocycles. The molecular weight excluding hydrogens is 114 g/mol. The average molecular weight is 125 g/mol. The zero-order chi connectivity index (χ0) is 6.69. The Morgan fingerprint density at radius 1 is 1.67 bits per heavy atom. The predicted octanol–water partition coefficient (Wildman–Crippen LogP) is 0.768. The fourth-order valence-corrected chi connectivity index (χ4v) is 0.757. The highest BCUT2D eigenvalue weighted by Gasteiger charge is 1.95. The minimum Gasteiger partial charge on any atom is -0.321 e. The molecule has 0 radical (unpaired) electrons. The van der Waals surface area contributed by atoms with Gasteiger partial charge in [0, 0.05) is 13.5 Å². The molecule has 0 amide bonds. The Bertz CT molecular complexity index is 180. The molecule has 0 aliphatic rings. The van der Waals surface area contributed by atoms with E-state index < -0.39 is 0 Å². The summed E-state index contributed by atoms with van der Waals surface area (Å²) in [5.74, 6) is 1.07. The van der Waals surface area contributed by atoms with Gasteiger partial charge >= 0.3 is 0 Å². The van der Waals surface area contributed by atoms with Crippen molar-refractivity contribution in [1.82, 2.24) is 14.8 Å². The van der Waals surface area contributed by atoms with E-state index in [0.29, 0.717) is 0 Å². The highest BCUT2D eigenvalue weighted by atomic mass is 15.2. The molecule has 0 saturated carbocycles. The van der Waals surface area contributed by atoms with Gasteiger partial charge in [0.1, 0.15) is 12.2 Å². The van der Waals surface area contributed by atoms with Gasteiger partial charge in [-0.2, -0.15) is 0 Å². The Balaban J connectivity index is 2.69. The van der Waals surface area contributed by atoms with Crippen molar-refractivity contribution in [2.75, 3.05) is 0 Å². The summed E-state index contributed by atoms with van der Waals surface area (Å²) < 4.78 is 1.95. The number of aryl methyl sites for hydroxylation is 2. The highest BCUT2D eigenvalue weighted by molar-refractivity contribution is 4.82. The van der Waals surface area contributed by atoms with Crippen LogP contribution in [-0.4, -0.2) is 14.8 Å². The van der Waals surface area contributed by atoms with Crippen molar-refractivity contribution >= 4 is 0 Å². The van der Waals surface area contributed by atoms with Crippen molar-refractivity contribution in [3.63, 3.8) is 0 Å². The van der Waals surface area contributed by atoms with Gasteiger partial charge in [-0.25, -0.2) is 0 Å². The molecule has 1 heterocycles. The van der Waals surface area contributed by atoms with Crippen LogP contribution in [0.2, 0.25) is 0 Å². The highest BCUT2D eigenvalue weighted by Crippen LogP contribution is 1.94. The minimum absolute atomic E-state index is 1.02. The van der Waals surface area contributed by atoms with Gasteiger partial charge in [-0.05, 0) is 6.42 Å². The van der Waals surface area contributed by atoms with Crippen LogP contribution in [0.4, 0.5) is 0 Å². The van der Waals surface area contributed by atoms with E-state index in [9.17, 15) is 0 Å². The zero-order valence-corrected chi connectivity index (χ0v) is 5.83. The van der Waals surface area contributed by atoms with E-state index in [4.69, 9.17) is 0 Å². The van der Waals surface area contributed by atoms with Crippen LogP contribution in [0.3, 0.4) is 0 Å². The maximum Gasteiger partial charge on any atom is 0.132 e. The van der Waals surface area contributed by atoms with Crippen molar-refractivity contribution in [2.45, 2.75) is 19.8 Å². The third kappa shape index (κ3) is 1.28. The lowest BCUT2D eigenvalue weighted by Gasteiger charge is -1.93. The van der Waals surface area contributed by atoms with Crippen LogP contribution in [0, 0.1) is 0 Å². The van der Waals surface area contributed by atoms with Gasteiger partial charge < -0.3 is 4.57 Å². The summed E-state index contributed by atoms with van der Waals surface area (Å²) in [6.45, 7) is 2.13. The van der Waals surface area contributed by atoms with Gasteiger partial charge in [-0.1, -0.05) is 6.92 Å². The average Bonchev–Trinajstić information content (AvgIpc) is 2.18. The van der Waals surface area contributed by atoms with Crippen LogP contribution >= 0.6 is 0 Å². The Morgan fingerprint density at radius 2 is 2.44 bits per heavy atom. The molecule has 1 aromatic heterocycles. The molecule has 0 atom stereocenters. The first-order valence-corrected chi connectivity index (χ1v) is 3.17. The van der Waals surface area contributed by atoms with Gasteiger partial charge in [-0.3, -0.25) is 0 Å². The van der Waals surface area contributed by atoms with Gasteiger partial charge in [0.25, 0.3) is 0 Å². The van der Waals surface area contributed by atoms with Crippen molar-refractivity contribution in [3.8, 4) is 0 Å². The van der Waals surface area contributed by atoms with E-state index in [1.165, 1.54) is 0 Å². The second-order valence-corrected chi connectivity index (χ2v) is 2.11. The lowest BCUT2D eigenvalue weighted by molar-refractivity contribution is 0.757. The fraction of sp³-hybridized carbons (Fsp3) is 0.667. The van der Waals surface area contributed by atoms with Crippen LogP contribution in [0.25, 0.3) is 0 Å². The molecule has 0 bridgehead atoms. The zero-order valence-electron chi connectivity index (χ0n) is 5.83. The van der Waals surface area contributed by atoms with Crippen LogP contribution in [0.1, 0.15) is 19.2 Å². The van der Waals surface area contributed by atoms with Gasteiger partial charge in [0.15, 0.2) is 0 Å². The largest absolute Gasteiger partial charge is 0.321 e. The van der Waals surface area contributed by atoms with Crippen molar-refractivity contribution in [2.24, 2.45) is 7.05 Å². The van der Waals surface area contributed by atoms with Crippen LogP contribution < -0.4 is 0 Å². The molecule has 9 heavy (non-hydrogen) atoms. The molecule has 0 fully saturated rings. The van der Waals surface area contributed by atoms with Crippen LogP contribution in [0.15, 0.2) is 6.33 Å². The van der Waals surface area contributed by atoms with E-state index in [1.807, 2.05) is 11.6 Å². The molecule has 0 spiro atoms. The molecule has 0 N–H and O–H groups in total. The molecule has 50 valence electrons. The number of hydrogen-bond donors (Lipinski definition) is 0.